The third kappa shape index (κ3) is 3.34. The van der Waals surface area contributed by atoms with Crippen molar-refractivity contribution in [1.82, 2.24) is 29.9 Å². The van der Waals surface area contributed by atoms with Gasteiger partial charge >= 0.3 is 0 Å². The Balaban J connectivity index is 1.29. The molecule has 5 rings (SSSR count). The van der Waals surface area contributed by atoms with Gasteiger partial charge in [0.15, 0.2) is 0 Å². The van der Waals surface area contributed by atoms with E-state index in [2.05, 4.69) is 20.3 Å². The molecule has 0 bridgehead atoms. The highest BCUT2D eigenvalue weighted by atomic mass is 16.4. The van der Waals surface area contributed by atoms with Gasteiger partial charge in [0.05, 0.1) is 11.8 Å². The second kappa shape index (κ2) is 7.70. The molecule has 8 nitrogen and oxygen atoms in total. The van der Waals surface area contributed by atoms with Crippen molar-refractivity contribution in [1.29, 1.82) is 0 Å². The summed E-state index contributed by atoms with van der Waals surface area (Å²) in [5.41, 5.74) is 1.34. The van der Waals surface area contributed by atoms with E-state index in [0.717, 1.165) is 30.2 Å². The lowest BCUT2D eigenvalue weighted by atomic mass is 9.96. The number of hydrogen-bond acceptors (Lipinski definition) is 6. The van der Waals surface area contributed by atoms with E-state index in [9.17, 15) is 4.79 Å². The number of aromatic nitrogens is 5. The Morgan fingerprint density at radius 2 is 2.00 bits per heavy atom. The predicted molar refractivity (Wildman–Crippen MR) is 111 cm³/mol. The van der Waals surface area contributed by atoms with E-state index in [1.807, 2.05) is 42.2 Å². The highest BCUT2D eigenvalue weighted by molar-refractivity contribution is 5.94. The monoisotopic (exact) mass is 402 g/mol. The number of carbonyl (C=O) groups excluding carboxylic acids is 1. The Morgan fingerprint density at radius 1 is 1.17 bits per heavy atom. The van der Waals surface area contributed by atoms with Crippen molar-refractivity contribution in [3.63, 3.8) is 0 Å². The van der Waals surface area contributed by atoms with E-state index in [1.54, 1.807) is 23.3 Å². The first-order chi connectivity index (χ1) is 14.7. The van der Waals surface area contributed by atoms with E-state index in [-0.39, 0.29) is 11.8 Å². The average Bonchev–Trinajstić information content (AvgIpc) is 3.48. The van der Waals surface area contributed by atoms with Gasteiger partial charge in [-0.2, -0.15) is 5.10 Å². The van der Waals surface area contributed by atoms with Crippen LogP contribution in [0.3, 0.4) is 0 Å². The lowest BCUT2D eigenvalue weighted by molar-refractivity contribution is 0.0706. The van der Waals surface area contributed by atoms with E-state index in [1.165, 1.54) is 0 Å². The van der Waals surface area contributed by atoms with E-state index in [4.69, 9.17) is 4.42 Å². The summed E-state index contributed by atoms with van der Waals surface area (Å²) in [6.07, 6.45) is 6.78. The smallest absolute Gasteiger partial charge is 0.266 e. The van der Waals surface area contributed by atoms with Crippen LogP contribution in [0.1, 0.15) is 41.9 Å². The van der Waals surface area contributed by atoms with Crippen molar-refractivity contribution in [2.75, 3.05) is 13.1 Å². The Labute approximate surface area is 173 Å². The molecule has 1 saturated heterocycles. The molecule has 4 heterocycles. The average molecular weight is 402 g/mol. The highest BCUT2D eigenvalue weighted by Gasteiger charge is 2.28. The van der Waals surface area contributed by atoms with Gasteiger partial charge in [0, 0.05) is 43.3 Å². The van der Waals surface area contributed by atoms with Crippen molar-refractivity contribution in [3.05, 3.63) is 60.4 Å². The van der Waals surface area contributed by atoms with Crippen LogP contribution in [-0.4, -0.2) is 48.9 Å². The van der Waals surface area contributed by atoms with Crippen LogP contribution in [0.15, 0.2) is 53.3 Å². The lowest BCUT2D eigenvalue weighted by Crippen LogP contribution is -2.37. The van der Waals surface area contributed by atoms with Crippen molar-refractivity contribution in [2.24, 2.45) is 0 Å². The van der Waals surface area contributed by atoms with Crippen LogP contribution in [0, 0.1) is 0 Å². The van der Waals surface area contributed by atoms with Gasteiger partial charge in [-0.15, -0.1) is 10.2 Å². The summed E-state index contributed by atoms with van der Waals surface area (Å²) < 4.78 is 7.78. The van der Waals surface area contributed by atoms with Crippen molar-refractivity contribution in [3.8, 4) is 11.6 Å². The Morgan fingerprint density at radius 3 is 2.80 bits per heavy atom. The van der Waals surface area contributed by atoms with Crippen molar-refractivity contribution >= 4 is 16.7 Å². The molecule has 8 heteroatoms. The maximum Gasteiger partial charge on any atom is 0.266 e. The molecule has 30 heavy (non-hydrogen) atoms. The summed E-state index contributed by atoms with van der Waals surface area (Å²) in [5, 5.41) is 14.8. The number of amides is 1. The second-order valence-electron chi connectivity index (χ2n) is 7.48. The van der Waals surface area contributed by atoms with Crippen LogP contribution in [0.25, 0.3) is 22.4 Å². The number of likely N-dealkylation sites (tertiary alicyclic amines) is 1. The number of carbonyl (C=O) groups is 1. The Bertz CT molecular complexity index is 1180. The molecule has 1 aliphatic rings. The molecule has 1 fully saturated rings. The standard InChI is InChI=1S/C22H22N6O2/c1-2-28-14-17(13-24-28)22(29)27-11-8-16(9-12-27)20-25-26-21(30-20)19-18-6-4-3-5-15(18)7-10-23-19/h3-7,10,13-14,16H,2,8-9,11-12H2,1H3. The van der Waals surface area contributed by atoms with E-state index < -0.39 is 0 Å². The number of benzene rings is 1. The third-order valence-corrected chi connectivity index (χ3v) is 5.65. The van der Waals surface area contributed by atoms with Gasteiger partial charge in [-0.25, -0.2) is 0 Å². The summed E-state index contributed by atoms with van der Waals surface area (Å²) >= 11 is 0. The normalized spacial score (nSPS) is 15.0. The molecule has 1 aromatic carbocycles. The van der Waals surface area contributed by atoms with Crippen molar-refractivity contribution in [2.45, 2.75) is 32.2 Å². The number of rotatable bonds is 4. The minimum atomic E-state index is 0.0272. The first-order valence-corrected chi connectivity index (χ1v) is 10.2. The fraction of sp³-hybridized carbons (Fsp3) is 0.318. The molecule has 0 saturated carbocycles. The molecule has 4 aromatic rings. The summed E-state index contributed by atoms with van der Waals surface area (Å²) in [6, 6.07) is 9.98. The first kappa shape index (κ1) is 18.5. The molecular formula is C22H22N6O2. The van der Waals surface area contributed by atoms with Crippen LogP contribution >= 0.6 is 0 Å². The number of pyridine rings is 1. The zero-order valence-electron chi connectivity index (χ0n) is 16.7. The van der Waals surface area contributed by atoms with Gasteiger partial charge in [0.25, 0.3) is 11.8 Å². The van der Waals surface area contributed by atoms with Crippen LogP contribution in [0.4, 0.5) is 0 Å². The summed E-state index contributed by atoms with van der Waals surface area (Å²) in [5.74, 6) is 1.22. The quantitative estimate of drug-likeness (QED) is 0.519. The highest BCUT2D eigenvalue weighted by Crippen LogP contribution is 2.31. The summed E-state index contributed by atoms with van der Waals surface area (Å²) in [4.78, 5) is 19.0. The Kier molecular flexibility index (Phi) is 4.74. The van der Waals surface area contributed by atoms with Crippen molar-refractivity contribution < 1.29 is 9.21 Å². The third-order valence-electron chi connectivity index (χ3n) is 5.65. The summed E-state index contributed by atoms with van der Waals surface area (Å²) in [6.45, 7) is 4.07. The van der Waals surface area contributed by atoms with Gasteiger partial charge in [0.2, 0.25) is 5.89 Å². The summed E-state index contributed by atoms with van der Waals surface area (Å²) in [7, 11) is 0. The molecule has 0 N–H and O–H groups in total. The van der Waals surface area contributed by atoms with Crippen LogP contribution in [0.2, 0.25) is 0 Å². The largest absolute Gasteiger partial charge is 0.419 e. The van der Waals surface area contributed by atoms with Gasteiger partial charge in [-0.3, -0.25) is 14.5 Å². The minimum Gasteiger partial charge on any atom is -0.419 e. The van der Waals surface area contributed by atoms with Gasteiger partial charge in [-0.1, -0.05) is 24.3 Å². The second-order valence-corrected chi connectivity index (χ2v) is 7.48. The van der Waals surface area contributed by atoms with Gasteiger partial charge < -0.3 is 9.32 Å². The maximum absolute atomic E-state index is 12.7. The topological polar surface area (TPSA) is 89.9 Å². The molecular weight excluding hydrogens is 380 g/mol. The molecule has 0 unspecified atom stereocenters. The Hall–Kier alpha value is -3.55. The fourth-order valence-corrected chi connectivity index (χ4v) is 3.94. The number of fused-ring (bicyclic) bond motifs is 1. The molecule has 152 valence electrons. The molecule has 0 atom stereocenters. The van der Waals surface area contributed by atoms with Crippen LogP contribution in [-0.2, 0) is 6.54 Å². The molecule has 3 aromatic heterocycles. The fourth-order valence-electron chi connectivity index (χ4n) is 3.94. The molecule has 1 aliphatic heterocycles. The number of aryl methyl sites for hydroxylation is 1. The maximum atomic E-state index is 12.7. The zero-order chi connectivity index (χ0) is 20.5. The molecule has 0 radical (unpaired) electrons. The number of nitrogens with zero attached hydrogens (tertiary/aromatic N) is 6. The molecule has 0 aliphatic carbocycles. The lowest BCUT2D eigenvalue weighted by Gasteiger charge is -2.30. The van der Waals surface area contributed by atoms with E-state index in [0.29, 0.717) is 36.1 Å². The number of piperidine rings is 1. The van der Waals surface area contributed by atoms with E-state index >= 15 is 0 Å². The first-order valence-electron chi connectivity index (χ1n) is 10.2. The molecule has 0 spiro atoms. The molecule has 1 amide bonds. The SMILES string of the molecule is CCn1cc(C(=O)N2CCC(c3nnc(-c4nccc5ccccc45)o3)CC2)cn1. The van der Waals surface area contributed by atoms with Crippen LogP contribution < -0.4 is 0 Å². The predicted octanol–water partition coefficient (Wildman–Crippen LogP) is 3.52. The van der Waals surface area contributed by atoms with Gasteiger partial charge in [0.1, 0.15) is 5.69 Å². The minimum absolute atomic E-state index is 0.0272. The van der Waals surface area contributed by atoms with Crippen LogP contribution in [0.5, 0.6) is 0 Å². The number of hydrogen-bond donors (Lipinski definition) is 0. The zero-order valence-corrected chi connectivity index (χ0v) is 16.7. The van der Waals surface area contributed by atoms with Gasteiger partial charge in [-0.05, 0) is 31.2 Å².